The van der Waals surface area contributed by atoms with Crippen LogP contribution in [0.3, 0.4) is 0 Å². The summed E-state index contributed by atoms with van der Waals surface area (Å²) in [7, 11) is 0. The predicted octanol–water partition coefficient (Wildman–Crippen LogP) is 3.68. The van der Waals surface area contributed by atoms with Crippen LogP contribution < -0.4 is 10.2 Å². The van der Waals surface area contributed by atoms with Gasteiger partial charge in [-0.2, -0.15) is 5.26 Å². The summed E-state index contributed by atoms with van der Waals surface area (Å²) in [5, 5.41) is 12.9. The standard InChI is InChI=1S/C18H27N3/c1-5-21(13-14-6-7-14)17-9-8-15(10-16(17)11-19)12-20-18(2,3)4/h8-10,14,20H,5-7,12-13H2,1-4H3. The Morgan fingerprint density at radius 3 is 2.57 bits per heavy atom. The molecular formula is C18H27N3. The van der Waals surface area contributed by atoms with Gasteiger partial charge in [-0.25, -0.2) is 0 Å². The number of rotatable bonds is 6. The van der Waals surface area contributed by atoms with Crippen LogP contribution in [-0.4, -0.2) is 18.6 Å². The maximum Gasteiger partial charge on any atom is 0.101 e. The average Bonchev–Trinajstić information content (AvgIpc) is 3.25. The van der Waals surface area contributed by atoms with Crippen molar-refractivity contribution in [3.8, 4) is 6.07 Å². The zero-order valence-corrected chi connectivity index (χ0v) is 13.7. The lowest BCUT2D eigenvalue weighted by Gasteiger charge is -2.25. The molecule has 2 rings (SSSR count). The third-order valence-corrected chi connectivity index (χ3v) is 3.90. The second-order valence-electron chi connectivity index (χ2n) is 7.05. The minimum Gasteiger partial charge on any atom is -0.370 e. The Balaban J connectivity index is 2.13. The quantitative estimate of drug-likeness (QED) is 0.866. The highest BCUT2D eigenvalue weighted by Gasteiger charge is 2.24. The van der Waals surface area contributed by atoms with Crippen LogP contribution in [0.2, 0.25) is 0 Å². The van der Waals surface area contributed by atoms with Crippen LogP contribution in [0.25, 0.3) is 0 Å². The molecule has 0 aromatic heterocycles. The zero-order chi connectivity index (χ0) is 15.5. The average molecular weight is 285 g/mol. The van der Waals surface area contributed by atoms with Crippen molar-refractivity contribution >= 4 is 5.69 Å². The van der Waals surface area contributed by atoms with Crippen LogP contribution in [0.5, 0.6) is 0 Å². The van der Waals surface area contributed by atoms with Crippen LogP contribution in [0.1, 0.15) is 51.7 Å². The maximum atomic E-state index is 9.47. The predicted molar refractivity (Wildman–Crippen MR) is 88.4 cm³/mol. The summed E-state index contributed by atoms with van der Waals surface area (Å²) in [5.74, 6) is 0.832. The molecule has 0 radical (unpaired) electrons. The van der Waals surface area contributed by atoms with E-state index >= 15 is 0 Å². The van der Waals surface area contributed by atoms with Crippen molar-refractivity contribution in [1.82, 2.24) is 5.32 Å². The molecule has 0 atom stereocenters. The van der Waals surface area contributed by atoms with Crippen LogP contribution in [0.4, 0.5) is 5.69 Å². The van der Waals surface area contributed by atoms with E-state index in [2.05, 4.69) is 56.1 Å². The summed E-state index contributed by atoms with van der Waals surface area (Å²) in [4.78, 5) is 2.34. The van der Waals surface area contributed by atoms with E-state index in [1.54, 1.807) is 0 Å². The van der Waals surface area contributed by atoms with E-state index < -0.39 is 0 Å². The molecule has 114 valence electrons. The molecule has 0 amide bonds. The summed E-state index contributed by atoms with van der Waals surface area (Å²) >= 11 is 0. The Bertz CT molecular complexity index is 518. The van der Waals surface area contributed by atoms with Gasteiger partial charge in [-0.1, -0.05) is 6.07 Å². The van der Waals surface area contributed by atoms with Crippen molar-refractivity contribution in [3.05, 3.63) is 29.3 Å². The fourth-order valence-corrected chi connectivity index (χ4v) is 2.44. The third kappa shape index (κ3) is 4.75. The lowest BCUT2D eigenvalue weighted by Crippen LogP contribution is -2.35. The van der Waals surface area contributed by atoms with Gasteiger partial charge in [-0.05, 0) is 64.2 Å². The highest BCUT2D eigenvalue weighted by atomic mass is 15.1. The molecule has 1 aliphatic carbocycles. The first-order chi connectivity index (χ1) is 9.93. The molecule has 0 unspecified atom stereocenters. The number of nitrogens with zero attached hydrogens (tertiary/aromatic N) is 2. The normalized spacial score (nSPS) is 14.8. The number of hydrogen-bond acceptors (Lipinski definition) is 3. The Kier molecular flexibility index (Phi) is 4.90. The Hall–Kier alpha value is -1.53. The fraction of sp³-hybridized carbons (Fsp3) is 0.611. The first-order valence-corrected chi connectivity index (χ1v) is 7.96. The zero-order valence-electron chi connectivity index (χ0n) is 13.7. The molecular weight excluding hydrogens is 258 g/mol. The van der Waals surface area contributed by atoms with Gasteiger partial charge >= 0.3 is 0 Å². The van der Waals surface area contributed by atoms with Crippen LogP contribution >= 0.6 is 0 Å². The van der Waals surface area contributed by atoms with Crippen molar-refractivity contribution in [2.45, 2.75) is 52.6 Å². The number of nitrogens with one attached hydrogen (secondary N) is 1. The largest absolute Gasteiger partial charge is 0.370 e. The van der Waals surface area contributed by atoms with Gasteiger partial charge in [0.05, 0.1) is 11.3 Å². The van der Waals surface area contributed by atoms with Gasteiger partial charge in [0.1, 0.15) is 6.07 Å². The van der Waals surface area contributed by atoms with E-state index in [0.29, 0.717) is 0 Å². The maximum absolute atomic E-state index is 9.47. The van der Waals surface area contributed by atoms with Crippen molar-refractivity contribution in [1.29, 1.82) is 5.26 Å². The van der Waals surface area contributed by atoms with Crippen molar-refractivity contribution in [3.63, 3.8) is 0 Å². The first kappa shape index (κ1) is 15.9. The van der Waals surface area contributed by atoms with E-state index in [4.69, 9.17) is 0 Å². The van der Waals surface area contributed by atoms with E-state index in [-0.39, 0.29) is 5.54 Å². The highest BCUT2D eigenvalue weighted by molar-refractivity contribution is 5.60. The molecule has 3 nitrogen and oxygen atoms in total. The van der Waals surface area contributed by atoms with Crippen LogP contribution in [0.15, 0.2) is 18.2 Å². The molecule has 1 aliphatic rings. The van der Waals surface area contributed by atoms with Gasteiger partial charge in [-0.15, -0.1) is 0 Å². The fourth-order valence-electron chi connectivity index (χ4n) is 2.44. The minimum atomic E-state index is 0.0902. The van der Waals surface area contributed by atoms with Crippen LogP contribution in [-0.2, 0) is 6.54 Å². The topological polar surface area (TPSA) is 39.1 Å². The molecule has 1 fully saturated rings. The number of anilines is 1. The van der Waals surface area contributed by atoms with E-state index in [1.807, 2.05) is 6.07 Å². The van der Waals surface area contributed by atoms with Gasteiger partial charge in [0.2, 0.25) is 0 Å². The Morgan fingerprint density at radius 1 is 1.33 bits per heavy atom. The smallest absolute Gasteiger partial charge is 0.101 e. The van der Waals surface area contributed by atoms with Gasteiger partial charge in [0, 0.05) is 25.2 Å². The molecule has 21 heavy (non-hydrogen) atoms. The molecule has 1 aromatic carbocycles. The molecule has 1 N–H and O–H groups in total. The molecule has 0 heterocycles. The number of hydrogen-bond donors (Lipinski definition) is 1. The van der Waals surface area contributed by atoms with Crippen LogP contribution in [0, 0.1) is 17.2 Å². The Labute approximate surface area is 129 Å². The van der Waals surface area contributed by atoms with Crippen molar-refractivity contribution in [2.75, 3.05) is 18.0 Å². The van der Waals surface area contributed by atoms with E-state index in [1.165, 1.54) is 18.4 Å². The molecule has 0 aliphatic heterocycles. The number of benzene rings is 1. The molecule has 0 bridgehead atoms. The van der Waals surface area contributed by atoms with Gasteiger partial charge in [0.15, 0.2) is 0 Å². The third-order valence-electron chi connectivity index (χ3n) is 3.90. The minimum absolute atomic E-state index is 0.0902. The first-order valence-electron chi connectivity index (χ1n) is 7.96. The van der Waals surface area contributed by atoms with Gasteiger partial charge < -0.3 is 10.2 Å². The summed E-state index contributed by atoms with van der Waals surface area (Å²) in [6.07, 6.45) is 2.68. The number of nitriles is 1. The van der Waals surface area contributed by atoms with Crippen molar-refractivity contribution in [2.24, 2.45) is 5.92 Å². The monoisotopic (exact) mass is 285 g/mol. The lowest BCUT2D eigenvalue weighted by molar-refractivity contribution is 0.424. The molecule has 0 saturated heterocycles. The molecule has 1 saturated carbocycles. The summed E-state index contributed by atoms with van der Waals surface area (Å²) < 4.78 is 0. The van der Waals surface area contributed by atoms with E-state index in [0.717, 1.165) is 36.8 Å². The molecule has 1 aromatic rings. The Morgan fingerprint density at radius 2 is 2.05 bits per heavy atom. The van der Waals surface area contributed by atoms with Gasteiger partial charge in [0.25, 0.3) is 0 Å². The summed E-state index contributed by atoms with van der Waals surface area (Å²) in [5.41, 5.74) is 3.15. The van der Waals surface area contributed by atoms with Gasteiger partial charge in [-0.3, -0.25) is 0 Å². The molecule has 0 spiro atoms. The molecule has 3 heteroatoms. The second-order valence-corrected chi connectivity index (χ2v) is 7.05. The SMILES string of the molecule is CCN(CC1CC1)c1ccc(CNC(C)(C)C)cc1C#N. The van der Waals surface area contributed by atoms with Crippen molar-refractivity contribution < 1.29 is 0 Å². The summed E-state index contributed by atoms with van der Waals surface area (Å²) in [6, 6.07) is 8.66. The lowest BCUT2D eigenvalue weighted by atomic mass is 10.1. The summed E-state index contributed by atoms with van der Waals surface area (Å²) in [6.45, 7) is 11.5. The van der Waals surface area contributed by atoms with E-state index in [9.17, 15) is 5.26 Å². The highest BCUT2D eigenvalue weighted by Crippen LogP contribution is 2.32. The second kappa shape index (κ2) is 6.49.